The van der Waals surface area contributed by atoms with Gasteiger partial charge in [0, 0.05) is 12.1 Å². The summed E-state index contributed by atoms with van der Waals surface area (Å²) in [6.07, 6.45) is 0. The Bertz CT molecular complexity index is 818. The SMILES string of the molecule is CCOc1ccc(C(=O)Nc2ccccc2C(=O)NCC(C)C)cc1OCC. The van der Waals surface area contributed by atoms with Gasteiger partial charge in [-0.2, -0.15) is 0 Å². The largest absolute Gasteiger partial charge is 0.490 e. The van der Waals surface area contributed by atoms with Crippen molar-refractivity contribution in [2.24, 2.45) is 5.92 Å². The van der Waals surface area contributed by atoms with E-state index in [2.05, 4.69) is 10.6 Å². The number of benzene rings is 2. The number of carbonyl (C=O) groups is 2. The van der Waals surface area contributed by atoms with Crippen molar-refractivity contribution in [1.29, 1.82) is 0 Å². The van der Waals surface area contributed by atoms with E-state index >= 15 is 0 Å². The molecular formula is C22H28N2O4. The predicted octanol–water partition coefficient (Wildman–Crippen LogP) is 4.12. The van der Waals surface area contributed by atoms with E-state index in [9.17, 15) is 9.59 Å². The van der Waals surface area contributed by atoms with Crippen LogP contribution in [-0.4, -0.2) is 31.6 Å². The van der Waals surface area contributed by atoms with E-state index in [1.54, 1.807) is 42.5 Å². The second-order valence-corrected chi connectivity index (χ2v) is 6.63. The molecule has 0 unspecified atom stereocenters. The Balaban J connectivity index is 2.21. The molecule has 150 valence electrons. The second-order valence-electron chi connectivity index (χ2n) is 6.63. The number of carbonyl (C=O) groups excluding carboxylic acids is 2. The molecule has 0 saturated heterocycles. The highest BCUT2D eigenvalue weighted by Crippen LogP contribution is 2.29. The first-order valence-corrected chi connectivity index (χ1v) is 9.54. The zero-order valence-corrected chi connectivity index (χ0v) is 16.9. The number of hydrogen-bond acceptors (Lipinski definition) is 4. The van der Waals surface area contributed by atoms with Crippen LogP contribution in [0.2, 0.25) is 0 Å². The van der Waals surface area contributed by atoms with Crippen LogP contribution in [0.1, 0.15) is 48.4 Å². The third-order valence-electron chi connectivity index (χ3n) is 3.90. The van der Waals surface area contributed by atoms with Crippen LogP contribution >= 0.6 is 0 Å². The van der Waals surface area contributed by atoms with Crippen molar-refractivity contribution >= 4 is 17.5 Å². The van der Waals surface area contributed by atoms with Gasteiger partial charge >= 0.3 is 0 Å². The topological polar surface area (TPSA) is 76.7 Å². The van der Waals surface area contributed by atoms with Gasteiger partial charge in [0.25, 0.3) is 11.8 Å². The first-order valence-electron chi connectivity index (χ1n) is 9.54. The van der Waals surface area contributed by atoms with Gasteiger partial charge in [0.1, 0.15) is 0 Å². The first-order chi connectivity index (χ1) is 13.5. The molecule has 0 radical (unpaired) electrons. The summed E-state index contributed by atoms with van der Waals surface area (Å²) in [6.45, 7) is 9.34. The number of ether oxygens (including phenoxy) is 2. The molecule has 0 aliphatic rings. The minimum absolute atomic E-state index is 0.216. The maximum absolute atomic E-state index is 12.7. The standard InChI is InChI=1S/C22H28N2O4/c1-5-27-19-12-11-16(13-20(19)28-6-2)21(25)24-18-10-8-7-9-17(18)22(26)23-14-15(3)4/h7-13,15H,5-6,14H2,1-4H3,(H,23,26)(H,24,25). The van der Waals surface area contributed by atoms with Gasteiger partial charge in [-0.15, -0.1) is 0 Å². The highest BCUT2D eigenvalue weighted by atomic mass is 16.5. The molecule has 2 N–H and O–H groups in total. The fraction of sp³-hybridized carbons (Fsp3) is 0.364. The molecule has 0 heterocycles. The molecule has 2 amide bonds. The Kier molecular flexibility index (Phi) is 7.87. The zero-order chi connectivity index (χ0) is 20.5. The fourth-order valence-electron chi connectivity index (χ4n) is 2.57. The highest BCUT2D eigenvalue weighted by Gasteiger charge is 2.16. The van der Waals surface area contributed by atoms with Crippen LogP contribution in [0.5, 0.6) is 11.5 Å². The Morgan fingerprint density at radius 1 is 0.929 bits per heavy atom. The molecule has 28 heavy (non-hydrogen) atoms. The Morgan fingerprint density at radius 2 is 1.61 bits per heavy atom. The van der Waals surface area contributed by atoms with Gasteiger partial charge < -0.3 is 20.1 Å². The lowest BCUT2D eigenvalue weighted by atomic mass is 10.1. The average Bonchev–Trinajstić information content (AvgIpc) is 2.68. The number of nitrogens with one attached hydrogen (secondary N) is 2. The van der Waals surface area contributed by atoms with Gasteiger partial charge in [-0.05, 0) is 50.1 Å². The lowest BCUT2D eigenvalue weighted by molar-refractivity contribution is 0.0950. The molecule has 2 rings (SSSR count). The van der Waals surface area contributed by atoms with Gasteiger partial charge in [0.2, 0.25) is 0 Å². The summed E-state index contributed by atoms with van der Waals surface area (Å²) in [5, 5.41) is 5.69. The van der Waals surface area contributed by atoms with Crippen molar-refractivity contribution in [2.45, 2.75) is 27.7 Å². The van der Waals surface area contributed by atoms with Crippen molar-refractivity contribution in [1.82, 2.24) is 5.32 Å². The van der Waals surface area contributed by atoms with Gasteiger partial charge in [0.15, 0.2) is 11.5 Å². The smallest absolute Gasteiger partial charge is 0.255 e. The van der Waals surface area contributed by atoms with E-state index in [1.165, 1.54) is 0 Å². The zero-order valence-electron chi connectivity index (χ0n) is 16.9. The second kappa shape index (κ2) is 10.3. The van der Waals surface area contributed by atoms with Gasteiger partial charge in [-0.3, -0.25) is 9.59 Å². The summed E-state index contributed by atoms with van der Waals surface area (Å²) < 4.78 is 11.1. The molecule has 0 aromatic heterocycles. The lowest BCUT2D eigenvalue weighted by Gasteiger charge is -2.14. The molecule has 0 atom stereocenters. The van der Waals surface area contributed by atoms with E-state index in [0.717, 1.165) is 0 Å². The van der Waals surface area contributed by atoms with E-state index in [0.29, 0.717) is 54.0 Å². The quantitative estimate of drug-likeness (QED) is 0.682. The summed E-state index contributed by atoms with van der Waals surface area (Å²) in [5.74, 6) is 0.903. The molecular weight excluding hydrogens is 356 g/mol. The molecule has 0 spiro atoms. The fourth-order valence-corrected chi connectivity index (χ4v) is 2.57. The van der Waals surface area contributed by atoms with Crippen molar-refractivity contribution < 1.29 is 19.1 Å². The van der Waals surface area contributed by atoms with E-state index in [4.69, 9.17) is 9.47 Å². The number of para-hydroxylation sites is 1. The van der Waals surface area contributed by atoms with Crippen LogP contribution in [0.4, 0.5) is 5.69 Å². The van der Waals surface area contributed by atoms with Gasteiger partial charge in [-0.25, -0.2) is 0 Å². The minimum Gasteiger partial charge on any atom is -0.490 e. The van der Waals surface area contributed by atoms with Crippen LogP contribution in [0, 0.1) is 5.92 Å². The summed E-state index contributed by atoms with van der Waals surface area (Å²) in [7, 11) is 0. The van der Waals surface area contributed by atoms with Crippen LogP contribution in [-0.2, 0) is 0 Å². The molecule has 6 nitrogen and oxygen atoms in total. The number of anilines is 1. The summed E-state index contributed by atoms with van der Waals surface area (Å²) in [6, 6.07) is 12.0. The number of hydrogen-bond donors (Lipinski definition) is 2. The summed E-state index contributed by atoms with van der Waals surface area (Å²) in [5.41, 5.74) is 1.30. The van der Waals surface area contributed by atoms with Crippen molar-refractivity contribution in [2.75, 3.05) is 25.1 Å². The maximum Gasteiger partial charge on any atom is 0.255 e. The third kappa shape index (κ3) is 5.74. The Morgan fingerprint density at radius 3 is 2.29 bits per heavy atom. The van der Waals surface area contributed by atoms with Crippen LogP contribution in [0.3, 0.4) is 0 Å². The first kappa shape index (κ1) is 21.3. The molecule has 0 aliphatic carbocycles. The number of rotatable bonds is 9. The molecule has 2 aromatic rings. The molecule has 0 aliphatic heterocycles. The molecule has 0 saturated carbocycles. The summed E-state index contributed by atoms with van der Waals surface area (Å²) >= 11 is 0. The highest BCUT2D eigenvalue weighted by molar-refractivity contribution is 6.09. The Hall–Kier alpha value is -3.02. The maximum atomic E-state index is 12.7. The predicted molar refractivity (Wildman–Crippen MR) is 110 cm³/mol. The van der Waals surface area contributed by atoms with Crippen molar-refractivity contribution in [3.05, 3.63) is 53.6 Å². The third-order valence-corrected chi connectivity index (χ3v) is 3.90. The lowest BCUT2D eigenvalue weighted by Crippen LogP contribution is -2.28. The Labute approximate surface area is 166 Å². The summed E-state index contributed by atoms with van der Waals surface area (Å²) in [4.78, 5) is 25.2. The molecule has 0 bridgehead atoms. The molecule has 0 fully saturated rings. The van der Waals surface area contributed by atoms with E-state index in [-0.39, 0.29) is 11.8 Å². The monoisotopic (exact) mass is 384 g/mol. The van der Waals surface area contributed by atoms with Gasteiger partial charge in [0.05, 0.1) is 24.5 Å². The van der Waals surface area contributed by atoms with Gasteiger partial charge in [-0.1, -0.05) is 26.0 Å². The van der Waals surface area contributed by atoms with Crippen LogP contribution < -0.4 is 20.1 Å². The van der Waals surface area contributed by atoms with E-state index in [1.807, 2.05) is 27.7 Å². The van der Waals surface area contributed by atoms with Crippen LogP contribution in [0.15, 0.2) is 42.5 Å². The minimum atomic E-state index is -0.326. The number of amides is 2. The molecule has 2 aromatic carbocycles. The van der Waals surface area contributed by atoms with E-state index < -0.39 is 0 Å². The average molecular weight is 384 g/mol. The van der Waals surface area contributed by atoms with Crippen molar-refractivity contribution in [3.63, 3.8) is 0 Å². The van der Waals surface area contributed by atoms with Crippen LogP contribution in [0.25, 0.3) is 0 Å². The molecule has 6 heteroatoms. The normalized spacial score (nSPS) is 10.5. The van der Waals surface area contributed by atoms with Crippen molar-refractivity contribution in [3.8, 4) is 11.5 Å².